The number of pyridine rings is 1. The van der Waals surface area contributed by atoms with Gasteiger partial charge in [-0.25, -0.2) is 13.6 Å². The second kappa shape index (κ2) is 3.99. The maximum Gasteiger partial charge on any atom is 0.354 e. The first-order valence-electron chi connectivity index (χ1n) is 3.65. The first-order valence-corrected chi connectivity index (χ1v) is 3.65. The summed E-state index contributed by atoms with van der Waals surface area (Å²) in [5, 5.41) is 0. The maximum atomic E-state index is 12.2. The summed E-state index contributed by atoms with van der Waals surface area (Å²) in [5.74, 6) is -0.857. The molecule has 0 aliphatic heterocycles. The fraction of sp³-hybridized carbons (Fsp3) is 0.250. The number of carbonyl (C=O) groups excluding carboxylic acids is 1. The normalized spacial score (nSPS) is 10.3. The summed E-state index contributed by atoms with van der Waals surface area (Å²) < 4.78 is 28.7. The van der Waals surface area contributed by atoms with Crippen LogP contribution in [0.5, 0.6) is 0 Å². The number of carbonyl (C=O) groups is 1. The molecular formula is C8H7F2NO3. The van der Waals surface area contributed by atoms with Crippen LogP contribution in [-0.2, 0) is 4.74 Å². The van der Waals surface area contributed by atoms with E-state index in [1.807, 2.05) is 0 Å². The zero-order valence-electron chi connectivity index (χ0n) is 7.21. The Bertz CT molecular complexity index is 400. The Morgan fingerprint density at radius 1 is 1.50 bits per heavy atom. The molecule has 4 nitrogen and oxygen atoms in total. The summed E-state index contributed by atoms with van der Waals surface area (Å²) in [7, 11) is 1.09. The smallest absolute Gasteiger partial charge is 0.354 e. The molecule has 0 aliphatic carbocycles. The van der Waals surface area contributed by atoms with Crippen molar-refractivity contribution in [1.29, 1.82) is 0 Å². The standard InChI is InChI=1S/C8H7F2NO3/c1-14-8(13)5-2-4(7(9)10)3-6(12)11-5/h2-3,7H,1H3,(H,11,12). The molecule has 0 saturated carbocycles. The molecule has 6 heteroatoms. The molecular weight excluding hydrogens is 196 g/mol. The number of aromatic nitrogens is 1. The minimum atomic E-state index is -2.79. The van der Waals surface area contributed by atoms with Gasteiger partial charge < -0.3 is 9.72 Å². The minimum absolute atomic E-state index is 0.282. The lowest BCUT2D eigenvalue weighted by molar-refractivity contribution is 0.0593. The number of methoxy groups -OCH3 is 1. The van der Waals surface area contributed by atoms with Crippen LogP contribution < -0.4 is 5.56 Å². The maximum absolute atomic E-state index is 12.2. The molecule has 0 atom stereocenters. The van der Waals surface area contributed by atoms with Crippen LogP contribution in [0.1, 0.15) is 22.5 Å². The number of halogens is 2. The topological polar surface area (TPSA) is 59.2 Å². The van der Waals surface area contributed by atoms with Crippen molar-refractivity contribution < 1.29 is 18.3 Å². The molecule has 1 rings (SSSR count). The molecule has 0 aromatic carbocycles. The van der Waals surface area contributed by atoms with E-state index in [1.165, 1.54) is 0 Å². The molecule has 14 heavy (non-hydrogen) atoms. The Morgan fingerprint density at radius 3 is 2.64 bits per heavy atom. The van der Waals surface area contributed by atoms with Gasteiger partial charge in [0.1, 0.15) is 5.69 Å². The van der Waals surface area contributed by atoms with Crippen LogP contribution in [-0.4, -0.2) is 18.1 Å². The molecule has 0 radical (unpaired) electrons. The molecule has 1 aromatic heterocycles. The first-order chi connectivity index (χ1) is 6.54. The molecule has 0 fully saturated rings. The van der Waals surface area contributed by atoms with E-state index in [0.29, 0.717) is 0 Å². The zero-order chi connectivity index (χ0) is 10.7. The second-order valence-electron chi connectivity index (χ2n) is 2.48. The quantitative estimate of drug-likeness (QED) is 0.732. The van der Waals surface area contributed by atoms with Gasteiger partial charge in [-0.1, -0.05) is 0 Å². The molecule has 0 unspecified atom stereocenters. The number of hydrogen-bond acceptors (Lipinski definition) is 3. The number of nitrogens with one attached hydrogen (secondary N) is 1. The Balaban J connectivity index is 3.20. The predicted octanol–water partition coefficient (Wildman–Crippen LogP) is 1.10. The van der Waals surface area contributed by atoms with Crippen molar-refractivity contribution >= 4 is 5.97 Å². The van der Waals surface area contributed by atoms with Crippen molar-refractivity contribution in [2.24, 2.45) is 0 Å². The summed E-state index contributed by atoms with van der Waals surface area (Å²) in [6, 6.07) is 1.62. The van der Waals surface area contributed by atoms with Gasteiger partial charge in [0.25, 0.3) is 6.43 Å². The van der Waals surface area contributed by atoms with Crippen molar-refractivity contribution in [3.05, 3.63) is 33.7 Å². The van der Waals surface area contributed by atoms with Gasteiger partial charge in [-0.3, -0.25) is 4.79 Å². The lowest BCUT2D eigenvalue weighted by Crippen LogP contribution is -2.14. The molecule has 1 aromatic rings. The molecule has 76 valence electrons. The van der Waals surface area contributed by atoms with E-state index in [1.54, 1.807) is 0 Å². The summed E-state index contributed by atoms with van der Waals surface area (Å²) in [6.07, 6.45) is -2.79. The van der Waals surface area contributed by atoms with Crippen LogP contribution in [0.15, 0.2) is 16.9 Å². The van der Waals surface area contributed by atoms with E-state index < -0.39 is 23.5 Å². The zero-order valence-corrected chi connectivity index (χ0v) is 7.21. The van der Waals surface area contributed by atoms with Crippen LogP contribution in [0, 0.1) is 0 Å². The van der Waals surface area contributed by atoms with Gasteiger partial charge in [-0.05, 0) is 6.07 Å². The number of alkyl halides is 2. The van der Waals surface area contributed by atoms with Crippen LogP contribution in [0.4, 0.5) is 8.78 Å². The summed E-state index contributed by atoms with van der Waals surface area (Å²) >= 11 is 0. The summed E-state index contributed by atoms with van der Waals surface area (Å²) in [4.78, 5) is 23.8. The third-order valence-electron chi connectivity index (χ3n) is 1.52. The van der Waals surface area contributed by atoms with E-state index in [9.17, 15) is 18.4 Å². The number of ether oxygens (including phenoxy) is 1. The van der Waals surface area contributed by atoms with Gasteiger partial charge in [-0.2, -0.15) is 0 Å². The van der Waals surface area contributed by atoms with Crippen LogP contribution in [0.25, 0.3) is 0 Å². The van der Waals surface area contributed by atoms with E-state index in [-0.39, 0.29) is 5.69 Å². The minimum Gasteiger partial charge on any atom is -0.464 e. The third kappa shape index (κ3) is 2.15. The number of hydrogen-bond donors (Lipinski definition) is 1. The average molecular weight is 203 g/mol. The van der Waals surface area contributed by atoms with Gasteiger partial charge in [0.05, 0.1) is 7.11 Å². The highest BCUT2D eigenvalue weighted by Crippen LogP contribution is 2.17. The lowest BCUT2D eigenvalue weighted by Gasteiger charge is -2.01. The SMILES string of the molecule is COC(=O)c1cc(C(F)F)cc(=O)[nH]1. The van der Waals surface area contributed by atoms with Crippen LogP contribution in [0.3, 0.4) is 0 Å². The largest absolute Gasteiger partial charge is 0.464 e. The summed E-state index contributed by atoms with van der Waals surface area (Å²) in [6.45, 7) is 0. The van der Waals surface area contributed by atoms with E-state index in [0.717, 1.165) is 19.2 Å². The first kappa shape index (κ1) is 10.4. The molecule has 0 aliphatic rings. The van der Waals surface area contributed by atoms with Crippen molar-refractivity contribution in [1.82, 2.24) is 4.98 Å². The van der Waals surface area contributed by atoms with Crippen molar-refractivity contribution in [2.75, 3.05) is 7.11 Å². The highest BCUT2D eigenvalue weighted by atomic mass is 19.3. The highest BCUT2D eigenvalue weighted by molar-refractivity contribution is 5.87. The number of aromatic amines is 1. The second-order valence-corrected chi connectivity index (χ2v) is 2.48. The molecule has 0 spiro atoms. The number of H-pyrrole nitrogens is 1. The van der Waals surface area contributed by atoms with Crippen LogP contribution in [0.2, 0.25) is 0 Å². The summed E-state index contributed by atoms with van der Waals surface area (Å²) in [5.41, 5.74) is -1.55. The Kier molecular flexibility index (Phi) is 2.95. The fourth-order valence-corrected chi connectivity index (χ4v) is 0.911. The van der Waals surface area contributed by atoms with Gasteiger partial charge in [-0.15, -0.1) is 0 Å². The third-order valence-corrected chi connectivity index (χ3v) is 1.52. The Hall–Kier alpha value is -1.72. The fourth-order valence-electron chi connectivity index (χ4n) is 0.911. The molecule has 0 saturated heterocycles. The molecule has 1 heterocycles. The van der Waals surface area contributed by atoms with Gasteiger partial charge in [0.2, 0.25) is 5.56 Å². The van der Waals surface area contributed by atoms with Gasteiger partial charge in [0, 0.05) is 11.6 Å². The van der Waals surface area contributed by atoms with Gasteiger partial charge in [0.15, 0.2) is 0 Å². The predicted molar refractivity (Wildman–Crippen MR) is 43.4 cm³/mol. The lowest BCUT2D eigenvalue weighted by atomic mass is 10.2. The van der Waals surface area contributed by atoms with Crippen molar-refractivity contribution in [2.45, 2.75) is 6.43 Å². The van der Waals surface area contributed by atoms with E-state index >= 15 is 0 Å². The van der Waals surface area contributed by atoms with E-state index in [2.05, 4.69) is 9.72 Å². The monoisotopic (exact) mass is 203 g/mol. The Morgan fingerprint density at radius 2 is 2.14 bits per heavy atom. The number of esters is 1. The molecule has 0 bridgehead atoms. The average Bonchev–Trinajstić information content (AvgIpc) is 2.15. The van der Waals surface area contributed by atoms with E-state index in [4.69, 9.17) is 0 Å². The van der Waals surface area contributed by atoms with Gasteiger partial charge >= 0.3 is 5.97 Å². The highest BCUT2D eigenvalue weighted by Gasteiger charge is 2.13. The molecule has 1 N–H and O–H groups in total. The Labute approximate surface area is 77.5 Å². The number of rotatable bonds is 2. The molecule has 0 amide bonds. The van der Waals surface area contributed by atoms with Crippen molar-refractivity contribution in [3.63, 3.8) is 0 Å². The van der Waals surface area contributed by atoms with Crippen molar-refractivity contribution in [3.8, 4) is 0 Å². The van der Waals surface area contributed by atoms with Crippen LogP contribution >= 0.6 is 0 Å².